The first-order chi connectivity index (χ1) is 9.04. The molecule has 0 spiro atoms. The Bertz CT molecular complexity index is 646. The molecule has 1 aliphatic carbocycles. The maximum atomic E-state index is 12.8. The van der Waals surface area contributed by atoms with Crippen LogP contribution in [-0.2, 0) is 4.79 Å². The zero-order valence-corrected chi connectivity index (χ0v) is 12.8. The van der Waals surface area contributed by atoms with Gasteiger partial charge in [0.25, 0.3) is 0 Å². The third kappa shape index (κ3) is 3.18. The first-order valence-electron chi connectivity index (χ1n) is 5.19. The van der Waals surface area contributed by atoms with E-state index in [4.69, 9.17) is 39.9 Å². The Morgan fingerprint density at radius 3 is 2.05 bits per heavy atom. The number of benzene rings is 1. The lowest BCUT2D eigenvalue weighted by Crippen LogP contribution is -2.07. The number of carbonyl (C=O) groups is 1. The lowest BCUT2D eigenvalue weighted by atomic mass is 10.1. The van der Waals surface area contributed by atoms with Crippen molar-refractivity contribution in [3.05, 3.63) is 28.8 Å². The van der Waals surface area contributed by atoms with E-state index in [2.05, 4.69) is 0 Å². The quantitative estimate of drug-likeness (QED) is 0.509. The summed E-state index contributed by atoms with van der Waals surface area (Å²) in [5.41, 5.74) is -0.400. The molecule has 0 heterocycles. The van der Waals surface area contributed by atoms with Gasteiger partial charge in [0, 0.05) is 10.9 Å². The van der Waals surface area contributed by atoms with Crippen LogP contribution in [0, 0.1) is 5.92 Å². The minimum absolute atomic E-state index is 0.0783. The molecule has 2 rings (SSSR count). The molecule has 120 valence electrons. The molecule has 0 radical (unpaired) electrons. The van der Waals surface area contributed by atoms with Gasteiger partial charge in [-0.05, 0) is 23.8 Å². The van der Waals surface area contributed by atoms with E-state index in [-0.39, 0.29) is 12.1 Å². The van der Waals surface area contributed by atoms with Crippen LogP contribution in [0.3, 0.4) is 0 Å². The van der Waals surface area contributed by atoms with E-state index in [1.165, 1.54) is 0 Å². The van der Waals surface area contributed by atoms with Crippen LogP contribution in [0.4, 0.5) is 19.4 Å². The fourth-order valence-corrected chi connectivity index (χ4v) is 3.87. The van der Waals surface area contributed by atoms with Crippen LogP contribution in [0.25, 0.3) is 0 Å². The van der Waals surface area contributed by atoms with Gasteiger partial charge in [-0.25, -0.2) is 0 Å². The summed E-state index contributed by atoms with van der Waals surface area (Å²) in [5, 5.41) is 8.24. The highest BCUT2D eigenvalue weighted by atomic mass is 35.5. The summed E-state index contributed by atoms with van der Waals surface area (Å²) >= 11 is 16.8. The van der Waals surface area contributed by atoms with Crippen molar-refractivity contribution in [2.45, 2.75) is 15.1 Å². The number of hydrogen-bond donors (Lipinski definition) is 1. The van der Waals surface area contributed by atoms with Gasteiger partial charge in [0.1, 0.15) is 9.23 Å². The van der Waals surface area contributed by atoms with Crippen molar-refractivity contribution in [3.63, 3.8) is 0 Å². The minimum atomic E-state index is -9.94. The molecule has 0 aromatic heterocycles. The molecule has 1 N–H and O–H groups in total. The van der Waals surface area contributed by atoms with Crippen molar-refractivity contribution in [3.8, 4) is 0 Å². The number of rotatable bonds is 3. The molecule has 0 amide bonds. The van der Waals surface area contributed by atoms with Gasteiger partial charge in [-0.15, -0.1) is 0 Å². The second kappa shape index (κ2) is 3.90. The molecule has 2 unspecified atom stereocenters. The van der Waals surface area contributed by atoms with Crippen LogP contribution in [0.2, 0.25) is 5.02 Å². The molecule has 2 atom stereocenters. The fourth-order valence-electron chi connectivity index (χ4n) is 2.04. The Kier molecular flexibility index (Phi) is 3.14. The van der Waals surface area contributed by atoms with Crippen molar-refractivity contribution < 1.29 is 29.3 Å². The molecule has 1 saturated carbocycles. The van der Waals surface area contributed by atoms with Crippen LogP contribution in [0.15, 0.2) is 23.1 Å². The summed E-state index contributed by atoms with van der Waals surface area (Å²) < 4.78 is 62.1. The molecule has 1 aromatic rings. The minimum Gasteiger partial charge on any atom is -0.481 e. The molecule has 0 bridgehead atoms. The number of carboxylic acid groups (broad SMARTS) is 1. The first kappa shape index (κ1) is 16.9. The average molecular weight is 392 g/mol. The zero-order valence-electron chi connectivity index (χ0n) is 9.67. The summed E-state index contributed by atoms with van der Waals surface area (Å²) in [6.45, 7) is 0. The Morgan fingerprint density at radius 1 is 1.14 bits per heavy atom. The van der Waals surface area contributed by atoms with Crippen molar-refractivity contribution in [1.82, 2.24) is 0 Å². The molecule has 21 heavy (non-hydrogen) atoms. The predicted octanol–water partition coefficient (Wildman–Crippen LogP) is 5.97. The largest absolute Gasteiger partial charge is 0.481 e. The van der Waals surface area contributed by atoms with E-state index in [1.807, 2.05) is 0 Å². The van der Waals surface area contributed by atoms with Crippen LogP contribution >= 0.6 is 45.0 Å². The number of hydrogen-bond acceptors (Lipinski definition) is 1. The second-order valence-corrected chi connectivity index (χ2v) is 8.95. The Hall–Kier alpha value is -0.440. The number of aliphatic carboxylic acids is 1. The van der Waals surface area contributed by atoms with E-state index in [0.717, 1.165) is 6.07 Å². The predicted molar refractivity (Wildman–Crippen MR) is 71.2 cm³/mol. The van der Waals surface area contributed by atoms with Crippen LogP contribution in [-0.4, -0.2) is 15.4 Å². The molecule has 1 fully saturated rings. The van der Waals surface area contributed by atoms with E-state index in [1.54, 1.807) is 0 Å². The van der Waals surface area contributed by atoms with Gasteiger partial charge < -0.3 is 5.11 Å². The molecular weight excluding hydrogens is 386 g/mol. The summed E-state index contributed by atoms with van der Waals surface area (Å²) in [4.78, 5) is 8.68. The van der Waals surface area contributed by atoms with Crippen molar-refractivity contribution in [2.75, 3.05) is 0 Å². The van der Waals surface area contributed by atoms with Gasteiger partial charge in [0.15, 0.2) is 0 Å². The normalized spacial score (nSPS) is 27.6. The van der Waals surface area contributed by atoms with Gasteiger partial charge in [0.2, 0.25) is 0 Å². The number of carboxylic acids is 1. The van der Waals surface area contributed by atoms with Crippen LogP contribution in [0.5, 0.6) is 0 Å². The third-order valence-electron chi connectivity index (χ3n) is 3.02. The molecule has 0 saturated heterocycles. The smallest absolute Gasteiger partial charge is 0.310 e. The van der Waals surface area contributed by atoms with Crippen molar-refractivity contribution >= 4 is 51.0 Å². The Labute approximate surface area is 130 Å². The van der Waals surface area contributed by atoms with Crippen LogP contribution in [0.1, 0.15) is 11.5 Å². The Morgan fingerprint density at radius 2 is 1.67 bits per heavy atom. The molecule has 11 heteroatoms. The average Bonchev–Trinajstić information content (AvgIpc) is 2.77. The molecular formula is C10H6Cl3F5O2S. The highest BCUT2D eigenvalue weighted by molar-refractivity contribution is 8.45. The fraction of sp³-hybridized carbons (Fsp3) is 0.300. The van der Waals surface area contributed by atoms with Crippen LogP contribution < -0.4 is 0 Å². The summed E-state index contributed by atoms with van der Waals surface area (Å²) in [7, 11) is -9.94. The van der Waals surface area contributed by atoms with E-state index in [9.17, 15) is 24.2 Å². The summed E-state index contributed by atoms with van der Waals surface area (Å²) in [5.74, 6) is -4.10. The van der Waals surface area contributed by atoms with Crippen molar-refractivity contribution in [1.29, 1.82) is 0 Å². The molecule has 0 aliphatic heterocycles. The van der Waals surface area contributed by atoms with E-state index < -0.39 is 47.8 Å². The van der Waals surface area contributed by atoms with Gasteiger partial charge in [-0.2, -0.15) is 0 Å². The monoisotopic (exact) mass is 390 g/mol. The molecule has 1 aliphatic rings. The SMILES string of the molecule is O=C(O)C1C(c2cc(Cl)cc(S(F)(F)(F)(F)F)c2)C1(Cl)Cl. The van der Waals surface area contributed by atoms with Crippen molar-refractivity contribution in [2.24, 2.45) is 5.92 Å². The van der Waals surface area contributed by atoms with E-state index in [0.29, 0.717) is 0 Å². The van der Waals surface area contributed by atoms with E-state index >= 15 is 0 Å². The first-order valence-corrected chi connectivity index (χ1v) is 8.28. The number of alkyl halides is 2. The maximum Gasteiger partial charge on any atom is 0.310 e. The molecule has 2 nitrogen and oxygen atoms in total. The van der Waals surface area contributed by atoms with Gasteiger partial charge in [-0.3, -0.25) is 4.79 Å². The van der Waals surface area contributed by atoms with Gasteiger partial charge in [-0.1, -0.05) is 54.2 Å². The maximum absolute atomic E-state index is 12.8. The highest BCUT2D eigenvalue weighted by Crippen LogP contribution is 3.02. The lowest BCUT2D eigenvalue weighted by molar-refractivity contribution is -0.138. The number of halogens is 8. The highest BCUT2D eigenvalue weighted by Gasteiger charge is 2.69. The molecule has 1 aromatic carbocycles. The standard InChI is InChI=1S/C10H6Cl3F5O2S/c11-5-1-4(7-8(9(19)20)10(7,12)13)2-6(3-5)21(14,15,16,17)18/h1-3,7-8H,(H,19,20). The second-order valence-electron chi connectivity index (χ2n) is 4.66. The lowest BCUT2D eigenvalue weighted by Gasteiger charge is -2.40. The summed E-state index contributed by atoms with van der Waals surface area (Å²) in [6.07, 6.45) is 0. The zero-order chi connectivity index (χ0) is 16.5. The third-order valence-corrected chi connectivity index (χ3v) is 5.30. The Balaban J connectivity index is 2.56. The topological polar surface area (TPSA) is 37.3 Å². The van der Waals surface area contributed by atoms with Gasteiger partial charge in [0.05, 0.1) is 5.92 Å². The van der Waals surface area contributed by atoms with Gasteiger partial charge >= 0.3 is 16.2 Å². The summed E-state index contributed by atoms with van der Waals surface area (Å²) in [6, 6.07) is 1.15.